The number of benzene rings is 1. The van der Waals surface area contributed by atoms with Gasteiger partial charge in [0.05, 0.1) is 17.8 Å². The summed E-state index contributed by atoms with van der Waals surface area (Å²) in [7, 11) is 0. The number of hydrogen-bond acceptors (Lipinski definition) is 5. The van der Waals surface area contributed by atoms with Crippen molar-refractivity contribution in [2.45, 2.75) is 38.4 Å². The van der Waals surface area contributed by atoms with Gasteiger partial charge < -0.3 is 15.3 Å². The van der Waals surface area contributed by atoms with Crippen molar-refractivity contribution in [3.8, 4) is 0 Å². The van der Waals surface area contributed by atoms with Crippen molar-refractivity contribution in [3.05, 3.63) is 65.0 Å². The lowest BCUT2D eigenvalue weighted by Gasteiger charge is -2.22. The summed E-state index contributed by atoms with van der Waals surface area (Å²) in [5.74, 6) is -3.26. The van der Waals surface area contributed by atoms with Crippen LogP contribution >= 0.6 is 0 Å². The monoisotopic (exact) mass is 365 g/mol. The van der Waals surface area contributed by atoms with Crippen LogP contribution in [0, 0.1) is 6.92 Å². The number of halogens is 3. The minimum atomic E-state index is -4.90. The van der Waals surface area contributed by atoms with Crippen LogP contribution in [-0.4, -0.2) is 27.8 Å². The van der Waals surface area contributed by atoms with Crippen molar-refractivity contribution in [2.75, 3.05) is 0 Å². The summed E-state index contributed by atoms with van der Waals surface area (Å²) in [6.07, 6.45) is -5.64. The number of aromatic nitrogens is 1. The summed E-state index contributed by atoms with van der Waals surface area (Å²) in [4.78, 5) is 8.65. The molecule has 2 heterocycles. The molecule has 3 rings (SSSR count). The van der Waals surface area contributed by atoms with Crippen LogP contribution in [-0.2, 0) is 17.9 Å². The molecule has 8 heteroatoms. The second kappa shape index (κ2) is 7.05. The molecule has 1 aliphatic rings. The van der Waals surface area contributed by atoms with E-state index in [4.69, 9.17) is 0 Å². The van der Waals surface area contributed by atoms with Crippen LogP contribution in [0.5, 0.6) is 0 Å². The molecule has 1 aromatic heterocycles. The van der Waals surface area contributed by atoms with Crippen LogP contribution < -0.4 is 5.32 Å². The van der Waals surface area contributed by atoms with E-state index in [0.717, 1.165) is 17.0 Å². The molecule has 0 saturated heterocycles. The van der Waals surface area contributed by atoms with Gasteiger partial charge in [0, 0.05) is 18.8 Å². The van der Waals surface area contributed by atoms with Crippen LogP contribution in [0.1, 0.15) is 28.9 Å². The van der Waals surface area contributed by atoms with Gasteiger partial charge in [-0.1, -0.05) is 29.4 Å². The summed E-state index contributed by atoms with van der Waals surface area (Å²) < 4.78 is 38.4. The fourth-order valence-corrected chi connectivity index (χ4v) is 2.62. The molecule has 26 heavy (non-hydrogen) atoms. The largest absolute Gasteiger partial charge is 0.458 e. The first-order chi connectivity index (χ1) is 12.3. The van der Waals surface area contributed by atoms with Gasteiger partial charge in [-0.15, -0.1) is 0 Å². The fraction of sp³-hybridized carbons (Fsp3) is 0.333. The number of nitrogens with zero attached hydrogens (tertiary/aromatic N) is 2. The van der Waals surface area contributed by atoms with Crippen LogP contribution in [0.25, 0.3) is 0 Å². The number of oxime groups is 1. The quantitative estimate of drug-likeness (QED) is 0.855. The summed E-state index contributed by atoms with van der Waals surface area (Å²) in [5.41, 5.74) is 3.26. The highest BCUT2D eigenvalue weighted by Crippen LogP contribution is 2.38. The number of aryl methyl sites for hydroxylation is 1. The SMILES string of the molecule is Cc1cccc(CNCc2cccc(C3=NOC(O)(C(F)(F)F)C3)c2)n1. The number of hydrogen-bond donors (Lipinski definition) is 2. The Kier molecular flexibility index (Phi) is 4.97. The zero-order chi connectivity index (χ0) is 18.8. The highest BCUT2D eigenvalue weighted by molar-refractivity contribution is 6.01. The van der Waals surface area contributed by atoms with Gasteiger partial charge in [0.2, 0.25) is 0 Å². The first-order valence-corrected chi connectivity index (χ1v) is 8.03. The third-order valence-electron chi connectivity index (χ3n) is 4.00. The third kappa shape index (κ3) is 4.03. The molecule has 0 bridgehead atoms. The Morgan fingerprint density at radius 1 is 1.19 bits per heavy atom. The molecule has 1 aliphatic heterocycles. The molecular weight excluding hydrogens is 347 g/mol. The molecule has 1 unspecified atom stereocenters. The second-order valence-corrected chi connectivity index (χ2v) is 6.16. The molecule has 0 spiro atoms. The first kappa shape index (κ1) is 18.3. The van der Waals surface area contributed by atoms with Crippen LogP contribution in [0.15, 0.2) is 47.6 Å². The molecule has 0 radical (unpaired) electrons. The highest BCUT2D eigenvalue weighted by Gasteiger charge is 2.60. The van der Waals surface area contributed by atoms with Crippen LogP contribution in [0.4, 0.5) is 13.2 Å². The molecule has 1 atom stereocenters. The summed E-state index contributed by atoms with van der Waals surface area (Å²) in [6.45, 7) is 3.00. The van der Waals surface area contributed by atoms with Crippen molar-refractivity contribution in [1.29, 1.82) is 0 Å². The first-order valence-electron chi connectivity index (χ1n) is 8.03. The van der Waals surface area contributed by atoms with E-state index in [1.54, 1.807) is 18.2 Å². The Hall–Kier alpha value is -2.45. The Labute approximate surface area is 148 Å². The predicted molar refractivity (Wildman–Crippen MR) is 89.2 cm³/mol. The summed E-state index contributed by atoms with van der Waals surface area (Å²) >= 11 is 0. The lowest BCUT2D eigenvalue weighted by Crippen LogP contribution is -2.45. The van der Waals surface area contributed by atoms with Crippen molar-refractivity contribution in [2.24, 2.45) is 5.16 Å². The lowest BCUT2D eigenvalue weighted by atomic mass is 10.0. The molecule has 0 aliphatic carbocycles. The molecule has 0 fully saturated rings. The van der Waals surface area contributed by atoms with Gasteiger partial charge in [-0.25, -0.2) is 0 Å². The molecule has 0 saturated carbocycles. The van der Waals surface area contributed by atoms with Gasteiger partial charge in [-0.05, 0) is 36.2 Å². The number of rotatable bonds is 5. The van der Waals surface area contributed by atoms with Gasteiger partial charge in [-0.3, -0.25) is 4.98 Å². The predicted octanol–water partition coefficient (Wildman–Crippen LogP) is 3.06. The van der Waals surface area contributed by atoms with E-state index in [1.165, 1.54) is 0 Å². The lowest BCUT2D eigenvalue weighted by molar-refractivity contribution is -0.355. The highest BCUT2D eigenvalue weighted by atomic mass is 19.4. The molecule has 5 nitrogen and oxygen atoms in total. The summed E-state index contributed by atoms with van der Waals surface area (Å²) in [5, 5.41) is 16.2. The normalized spacial score (nSPS) is 20.0. The van der Waals surface area contributed by atoms with Gasteiger partial charge in [0.15, 0.2) is 0 Å². The number of pyridine rings is 1. The molecule has 1 aromatic carbocycles. The van der Waals surface area contributed by atoms with E-state index in [-0.39, 0.29) is 5.71 Å². The fourth-order valence-electron chi connectivity index (χ4n) is 2.62. The van der Waals surface area contributed by atoms with E-state index in [9.17, 15) is 18.3 Å². The minimum absolute atomic E-state index is 0.0621. The van der Waals surface area contributed by atoms with E-state index in [0.29, 0.717) is 18.7 Å². The van der Waals surface area contributed by atoms with Gasteiger partial charge >= 0.3 is 12.0 Å². The molecular formula is C18H18F3N3O2. The Balaban J connectivity index is 1.62. The number of aliphatic hydroxyl groups is 1. The van der Waals surface area contributed by atoms with Crippen molar-refractivity contribution in [3.63, 3.8) is 0 Å². The average molecular weight is 365 g/mol. The standard InChI is InChI=1S/C18H18F3N3O2/c1-12-4-2-7-15(23-12)11-22-10-13-5-3-6-14(8-13)16-9-17(25,26-24-16)18(19,20)21/h2-8,22,25H,9-11H2,1H3. The molecule has 2 N–H and O–H groups in total. The zero-order valence-electron chi connectivity index (χ0n) is 14.0. The molecule has 138 valence electrons. The number of alkyl halides is 3. The van der Waals surface area contributed by atoms with E-state index in [1.807, 2.05) is 31.2 Å². The van der Waals surface area contributed by atoms with Gasteiger partial charge in [0.25, 0.3) is 0 Å². The smallest absolute Gasteiger partial charge is 0.350 e. The van der Waals surface area contributed by atoms with Gasteiger partial charge in [-0.2, -0.15) is 13.2 Å². The topological polar surface area (TPSA) is 66.7 Å². The van der Waals surface area contributed by atoms with Crippen molar-refractivity contribution >= 4 is 5.71 Å². The van der Waals surface area contributed by atoms with E-state index >= 15 is 0 Å². The van der Waals surface area contributed by atoms with E-state index < -0.39 is 18.4 Å². The zero-order valence-corrected chi connectivity index (χ0v) is 14.0. The average Bonchev–Trinajstić information content (AvgIpc) is 2.99. The Morgan fingerprint density at radius 2 is 1.96 bits per heavy atom. The molecule has 0 amide bonds. The van der Waals surface area contributed by atoms with Crippen LogP contribution in [0.2, 0.25) is 0 Å². The maximum Gasteiger partial charge on any atom is 0.458 e. The van der Waals surface area contributed by atoms with Crippen LogP contribution in [0.3, 0.4) is 0 Å². The maximum absolute atomic E-state index is 12.8. The van der Waals surface area contributed by atoms with Gasteiger partial charge in [0.1, 0.15) is 0 Å². The number of nitrogens with one attached hydrogen (secondary N) is 1. The Morgan fingerprint density at radius 3 is 2.65 bits per heavy atom. The van der Waals surface area contributed by atoms with Crippen molar-refractivity contribution in [1.82, 2.24) is 10.3 Å². The Bertz CT molecular complexity index is 823. The maximum atomic E-state index is 12.8. The summed E-state index contributed by atoms with van der Waals surface area (Å²) in [6, 6.07) is 12.7. The third-order valence-corrected chi connectivity index (χ3v) is 4.00. The molecule has 2 aromatic rings. The van der Waals surface area contributed by atoms with Crippen molar-refractivity contribution < 1.29 is 23.1 Å². The minimum Gasteiger partial charge on any atom is -0.350 e. The second-order valence-electron chi connectivity index (χ2n) is 6.16. The van der Waals surface area contributed by atoms with E-state index in [2.05, 4.69) is 20.3 Å².